The van der Waals surface area contributed by atoms with Crippen molar-refractivity contribution < 1.29 is 4.74 Å². The number of hydrogen-bond acceptors (Lipinski definition) is 4. The molecule has 4 bridgehead atoms. The van der Waals surface area contributed by atoms with Gasteiger partial charge in [-0.25, -0.2) is 9.97 Å². The summed E-state index contributed by atoms with van der Waals surface area (Å²) in [7, 11) is 0. The zero-order chi connectivity index (χ0) is 12.1. The van der Waals surface area contributed by atoms with Crippen molar-refractivity contribution in [1.29, 1.82) is 0 Å². The summed E-state index contributed by atoms with van der Waals surface area (Å²) < 4.78 is 6.97. The first kappa shape index (κ1) is 13.6. The number of rotatable bonds is 2. The summed E-state index contributed by atoms with van der Waals surface area (Å²) in [5.41, 5.74) is 0. The highest BCUT2D eigenvalue weighted by molar-refractivity contribution is 9.10. The molecule has 4 nitrogen and oxygen atoms in total. The molecule has 3 aliphatic heterocycles. The Balaban J connectivity index is 0.00000110. The molecule has 0 radical (unpaired) electrons. The second-order valence-electron chi connectivity index (χ2n) is 5.84. The molecular weight excluding hydrogens is 330 g/mol. The summed E-state index contributed by atoms with van der Waals surface area (Å²) in [6.07, 6.45) is 6.49. The molecule has 4 heterocycles. The van der Waals surface area contributed by atoms with E-state index in [0.29, 0.717) is 24.0 Å². The third kappa shape index (κ3) is 2.48. The van der Waals surface area contributed by atoms with Crippen LogP contribution in [0, 0.1) is 17.8 Å². The van der Waals surface area contributed by atoms with Crippen LogP contribution in [0.1, 0.15) is 12.8 Å². The standard InChI is InChI=1S/C13H16BrN3O.ClH/c14-11-3-15-13(16-4-11)18-12-9-1-8-2-10(12)7-17(5-8)6-9;/h3-4,8-10,12H,1-2,5-7H2;1H. The van der Waals surface area contributed by atoms with Crippen LogP contribution in [0.2, 0.25) is 0 Å². The molecule has 1 saturated carbocycles. The largest absolute Gasteiger partial charge is 0.459 e. The molecule has 6 heteroatoms. The minimum Gasteiger partial charge on any atom is -0.459 e. The summed E-state index contributed by atoms with van der Waals surface area (Å²) >= 11 is 3.35. The first-order valence-electron chi connectivity index (χ1n) is 6.64. The average Bonchev–Trinajstić information content (AvgIpc) is 2.35. The summed E-state index contributed by atoms with van der Waals surface area (Å²) in [5.74, 6) is 2.28. The second-order valence-corrected chi connectivity index (χ2v) is 6.76. The Labute approximate surface area is 127 Å². The van der Waals surface area contributed by atoms with Crippen molar-refractivity contribution >= 4 is 28.3 Å². The van der Waals surface area contributed by atoms with E-state index in [4.69, 9.17) is 4.74 Å². The van der Waals surface area contributed by atoms with E-state index in [2.05, 4.69) is 30.8 Å². The molecule has 4 fully saturated rings. The average molecular weight is 347 g/mol. The van der Waals surface area contributed by atoms with Crippen molar-refractivity contribution in [3.05, 3.63) is 16.9 Å². The smallest absolute Gasteiger partial charge is 0.316 e. The topological polar surface area (TPSA) is 38.2 Å². The van der Waals surface area contributed by atoms with Crippen LogP contribution < -0.4 is 4.74 Å². The third-order valence-corrected chi connectivity index (χ3v) is 4.95. The highest BCUT2D eigenvalue weighted by Crippen LogP contribution is 2.44. The normalized spacial score (nSPS) is 38.9. The molecule has 1 aliphatic carbocycles. The van der Waals surface area contributed by atoms with Crippen molar-refractivity contribution in [1.82, 2.24) is 14.9 Å². The third-order valence-electron chi connectivity index (χ3n) is 4.54. The molecule has 1 aromatic rings. The number of piperidine rings is 3. The van der Waals surface area contributed by atoms with E-state index < -0.39 is 0 Å². The highest BCUT2D eigenvalue weighted by Gasteiger charge is 2.48. The Bertz CT molecular complexity index is 428. The van der Waals surface area contributed by atoms with Crippen molar-refractivity contribution in [3.63, 3.8) is 0 Å². The molecule has 0 N–H and O–H groups in total. The van der Waals surface area contributed by atoms with Crippen LogP contribution in [-0.4, -0.2) is 40.6 Å². The molecular formula is C13H17BrClN3O. The van der Waals surface area contributed by atoms with Crippen LogP contribution in [0.5, 0.6) is 6.01 Å². The van der Waals surface area contributed by atoms with Crippen LogP contribution in [0.4, 0.5) is 0 Å². The van der Waals surface area contributed by atoms with Crippen molar-refractivity contribution in [3.8, 4) is 6.01 Å². The Morgan fingerprint density at radius 3 is 2.32 bits per heavy atom. The summed E-state index contributed by atoms with van der Waals surface area (Å²) in [5, 5.41) is 0. The molecule has 2 atom stereocenters. The van der Waals surface area contributed by atoms with E-state index >= 15 is 0 Å². The van der Waals surface area contributed by atoms with Crippen molar-refractivity contribution in [2.24, 2.45) is 17.8 Å². The van der Waals surface area contributed by atoms with E-state index in [1.165, 1.54) is 32.5 Å². The number of halogens is 2. The fraction of sp³-hybridized carbons (Fsp3) is 0.692. The Hall–Kier alpha value is -0.390. The van der Waals surface area contributed by atoms with Gasteiger partial charge in [-0.3, -0.25) is 0 Å². The van der Waals surface area contributed by atoms with Gasteiger partial charge in [0.1, 0.15) is 6.10 Å². The maximum absolute atomic E-state index is 6.08. The molecule has 104 valence electrons. The van der Waals surface area contributed by atoms with Gasteiger partial charge in [-0.05, 0) is 34.7 Å². The molecule has 0 amide bonds. The van der Waals surface area contributed by atoms with E-state index in [-0.39, 0.29) is 12.4 Å². The van der Waals surface area contributed by atoms with Gasteiger partial charge in [0, 0.05) is 43.9 Å². The predicted molar refractivity (Wildman–Crippen MR) is 77.5 cm³/mol. The molecule has 5 rings (SSSR count). The van der Waals surface area contributed by atoms with Gasteiger partial charge in [-0.1, -0.05) is 0 Å². The maximum atomic E-state index is 6.08. The number of hydrogen-bond donors (Lipinski definition) is 0. The maximum Gasteiger partial charge on any atom is 0.316 e. The minimum absolute atomic E-state index is 0. The molecule has 4 aliphatic rings. The summed E-state index contributed by atoms with van der Waals surface area (Å²) in [6.45, 7) is 3.72. The van der Waals surface area contributed by atoms with Crippen LogP contribution >= 0.6 is 28.3 Å². The number of ether oxygens (including phenoxy) is 1. The SMILES string of the molecule is Brc1cnc(OC2C3CC4CC2CN(C4)C3)nc1.Cl. The molecule has 0 aromatic carbocycles. The molecule has 0 spiro atoms. The van der Waals surface area contributed by atoms with Gasteiger partial charge in [0.2, 0.25) is 0 Å². The zero-order valence-electron chi connectivity index (χ0n) is 10.5. The van der Waals surface area contributed by atoms with Gasteiger partial charge < -0.3 is 9.64 Å². The quantitative estimate of drug-likeness (QED) is 0.824. The first-order chi connectivity index (χ1) is 8.78. The Morgan fingerprint density at radius 2 is 1.74 bits per heavy atom. The minimum atomic E-state index is 0. The van der Waals surface area contributed by atoms with E-state index in [9.17, 15) is 0 Å². The van der Waals surface area contributed by atoms with Crippen LogP contribution in [0.15, 0.2) is 16.9 Å². The fourth-order valence-electron chi connectivity index (χ4n) is 4.04. The van der Waals surface area contributed by atoms with Gasteiger partial charge in [0.15, 0.2) is 0 Å². The van der Waals surface area contributed by atoms with Gasteiger partial charge in [0.25, 0.3) is 0 Å². The zero-order valence-corrected chi connectivity index (χ0v) is 12.9. The molecule has 1 aromatic heterocycles. The van der Waals surface area contributed by atoms with Crippen molar-refractivity contribution in [2.45, 2.75) is 18.9 Å². The van der Waals surface area contributed by atoms with E-state index in [1.807, 2.05) is 0 Å². The van der Waals surface area contributed by atoms with Gasteiger partial charge in [-0.2, -0.15) is 0 Å². The highest BCUT2D eigenvalue weighted by atomic mass is 79.9. The number of nitrogens with zero attached hydrogens (tertiary/aromatic N) is 3. The second kappa shape index (κ2) is 5.19. The lowest BCUT2D eigenvalue weighted by atomic mass is 9.66. The van der Waals surface area contributed by atoms with Gasteiger partial charge in [-0.15, -0.1) is 12.4 Å². The van der Waals surface area contributed by atoms with Gasteiger partial charge >= 0.3 is 6.01 Å². The van der Waals surface area contributed by atoms with Crippen LogP contribution in [0.25, 0.3) is 0 Å². The van der Waals surface area contributed by atoms with E-state index in [0.717, 1.165) is 10.4 Å². The van der Waals surface area contributed by atoms with Crippen LogP contribution in [-0.2, 0) is 0 Å². The Morgan fingerprint density at radius 1 is 1.11 bits per heavy atom. The van der Waals surface area contributed by atoms with Crippen molar-refractivity contribution in [2.75, 3.05) is 19.6 Å². The molecule has 19 heavy (non-hydrogen) atoms. The van der Waals surface area contributed by atoms with E-state index in [1.54, 1.807) is 12.4 Å². The Kier molecular flexibility index (Phi) is 3.71. The summed E-state index contributed by atoms with van der Waals surface area (Å²) in [6, 6.07) is 0.533. The lowest BCUT2D eigenvalue weighted by Crippen LogP contribution is -2.61. The summed E-state index contributed by atoms with van der Waals surface area (Å²) in [4.78, 5) is 11.1. The fourth-order valence-corrected chi connectivity index (χ4v) is 4.24. The molecule has 2 unspecified atom stereocenters. The number of aromatic nitrogens is 2. The molecule has 3 saturated heterocycles. The predicted octanol–water partition coefficient (Wildman–Crippen LogP) is 2.38. The van der Waals surface area contributed by atoms with Crippen LogP contribution in [0.3, 0.4) is 0 Å². The van der Waals surface area contributed by atoms with Gasteiger partial charge in [0.05, 0.1) is 4.47 Å². The monoisotopic (exact) mass is 345 g/mol. The lowest BCUT2D eigenvalue weighted by Gasteiger charge is -2.55. The lowest BCUT2D eigenvalue weighted by molar-refractivity contribution is -0.101. The first-order valence-corrected chi connectivity index (χ1v) is 7.44.